The lowest BCUT2D eigenvalue weighted by atomic mass is 10.1. The zero-order chi connectivity index (χ0) is 20.5. The van der Waals surface area contributed by atoms with Crippen molar-refractivity contribution in [1.29, 1.82) is 0 Å². The van der Waals surface area contributed by atoms with Gasteiger partial charge in [0.2, 0.25) is 0 Å². The van der Waals surface area contributed by atoms with Gasteiger partial charge >= 0.3 is 6.03 Å². The fourth-order valence-corrected chi connectivity index (χ4v) is 3.09. The Kier molecular flexibility index (Phi) is 5.71. The van der Waals surface area contributed by atoms with Crippen LogP contribution in [0.25, 0.3) is 0 Å². The van der Waals surface area contributed by atoms with Crippen LogP contribution in [0.2, 0.25) is 0 Å². The SMILES string of the molecule is C#Cc1ccc(CO[C@@]2(N3C=CC(N)N(C)C3=O)O[C@H](CO)[C@@H](O)[C@H]2O)cc1. The molecule has 5 N–H and O–H groups in total. The summed E-state index contributed by atoms with van der Waals surface area (Å²) in [5.74, 6) is 0.464. The Morgan fingerprint density at radius 2 is 2.04 bits per heavy atom. The van der Waals surface area contributed by atoms with Gasteiger partial charge in [0.15, 0.2) is 6.10 Å². The van der Waals surface area contributed by atoms with E-state index in [1.54, 1.807) is 24.3 Å². The molecule has 1 fully saturated rings. The molecule has 9 heteroatoms. The standard InChI is InChI=1S/C19H23N3O6/c1-3-12-4-6-13(7-5-12)11-27-19(17(25)16(24)14(10-23)28-19)22-9-8-15(20)21(2)18(22)26/h1,4-9,14-17,23-25H,10-11,20H2,2H3/t14-,15?,16-,17-,19-/m1/s1. The molecule has 1 unspecified atom stereocenters. The molecule has 9 nitrogen and oxygen atoms in total. The van der Waals surface area contributed by atoms with Crippen molar-refractivity contribution < 1.29 is 29.6 Å². The van der Waals surface area contributed by atoms with Gasteiger partial charge in [0.05, 0.1) is 13.2 Å². The van der Waals surface area contributed by atoms with Crippen LogP contribution in [0.4, 0.5) is 4.79 Å². The van der Waals surface area contributed by atoms with E-state index in [2.05, 4.69) is 5.92 Å². The van der Waals surface area contributed by atoms with E-state index in [1.165, 1.54) is 24.2 Å². The third-order valence-electron chi connectivity index (χ3n) is 4.87. The van der Waals surface area contributed by atoms with Crippen LogP contribution >= 0.6 is 0 Å². The van der Waals surface area contributed by atoms with Crippen LogP contribution in [-0.4, -0.2) is 75.2 Å². The first-order valence-electron chi connectivity index (χ1n) is 8.68. The summed E-state index contributed by atoms with van der Waals surface area (Å²) in [6.45, 7) is -0.624. The maximum Gasteiger partial charge on any atom is 0.329 e. The molecule has 28 heavy (non-hydrogen) atoms. The number of nitrogens with two attached hydrogens (primary N) is 1. The molecule has 5 atom stereocenters. The number of nitrogens with zero attached hydrogens (tertiary/aromatic N) is 2. The number of carbonyl (C=O) groups is 1. The van der Waals surface area contributed by atoms with E-state index in [4.69, 9.17) is 21.6 Å². The van der Waals surface area contributed by atoms with Crippen molar-refractivity contribution in [2.75, 3.05) is 13.7 Å². The highest BCUT2D eigenvalue weighted by atomic mass is 16.8. The predicted octanol–water partition coefficient (Wildman–Crippen LogP) is -0.883. The van der Waals surface area contributed by atoms with E-state index in [-0.39, 0.29) is 6.61 Å². The van der Waals surface area contributed by atoms with Gasteiger partial charge in [0.1, 0.15) is 18.4 Å². The van der Waals surface area contributed by atoms with E-state index >= 15 is 0 Å². The average Bonchev–Trinajstić information content (AvgIpc) is 2.96. The molecule has 150 valence electrons. The zero-order valence-corrected chi connectivity index (χ0v) is 15.3. The molecule has 0 radical (unpaired) electrons. The lowest BCUT2D eigenvalue weighted by Crippen LogP contribution is -2.64. The van der Waals surface area contributed by atoms with Crippen molar-refractivity contribution in [3.63, 3.8) is 0 Å². The number of urea groups is 1. The van der Waals surface area contributed by atoms with Gasteiger partial charge in [-0.2, -0.15) is 0 Å². The van der Waals surface area contributed by atoms with E-state index in [1.807, 2.05) is 0 Å². The van der Waals surface area contributed by atoms with Crippen LogP contribution in [0.1, 0.15) is 11.1 Å². The van der Waals surface area contributed by atoms with Crippen LogP contribution < -0.4 is 5.73 Å². The van der Waals surface area contributed by atoms with E-state index in [0.717, 1.165) is 4.90 Å². The van der Waals surface area contributed by atoms with Crippen molar-refractivity contribution in [3.8, 4) is 12.3 Å². The number of carbonyl (C=O) groups excluding carboxylic acids is 1. The number of likely N-dealkylation sites (N-methyl/N-ethyl adjacent to an activating group) is 1. The van der Waals surface area contributed by atoms with Gasteiger partial charge in [-0.1, -0.05) is 18.1 Å². The van der Waals surface area contributed by atoms with Gasteiger partial charge in [-0.25, -0.2) is 9.69 Å². The molecule has 0 spiro atoms. The first-order chi connectivity index (χ1) is 13.3. The lowest BCUT2D eigenvalue weighted by Gasteiger charge is -2.44. The van der Waals surface area contributed by atoms with Crippen molar-refractivity contribution in [2.45, 2.75) is 37.0 Å². The molecular weight excluding hydrogens is 366 g/mol. The number of aliphatic hydroxyl groups excluding tert-OH is 3. The first kappa shape index (κ1) is 20.3. The number of benzene rings is 1. The second-order valence-electron chi connectivity index (χ2n) is 6.63. The summed E-state index contributed by atoms with van der Waals surface area (Å²) in [6.07, 6.45) is 3.31. The minimum absolute atomic E-state index is 0.0554. The summed E-state index contributed by atoms with van der Waals surface area (Å²) in [5.41, 5.74) is 7.22. The quantitative estimate of drug-likeness (QED) is 0.481. The van der Waals surface area contributed by atoms with Gasteiger partial charge < -0.3 is 35.4 Å². The Morgan fingerprint density at radius 3 is 2.61 bits per heavy atom. The third-order valence-corrected chi connectivity index (χ3v) is 4.87. The number of ether oxygens (including phenoxy) is 2. The van der Waals surface area contributed by atoms with Crippen LogP contribution in [0.15, 0.2) is 36.5 Å². The molecule has 0 aliphatic carbocycles. The van der Waals surface area contributed by atoms with E-state index < -0.39 is 43.0 Å². The van der Waals surface area contributed by atoms with Crippen molar-refractivity contribution in [2.24, 2.45) is 5.73 Å². The Hall–Kier alpha value is -2.45. The molecule has 1 saturated heterocycles. The molecule has 0 saturated carbocycles. The van der Waals surface area contributed by atoms with Gasteiger partial charge in [-0.3, -0.25) is 0 Å². The van der Waals surface area contributed by atoms with E-state index in [9.17, 15) is 20.1 Å². The van der Waals surface area contributed by atoms with E-state index in [0.29, 0.717) is 11.1 Å². The van der Waals surface area contributed by atoms with Crippen molar-refractivity contribution >= 4 is 6.03 Å². The summed E-state index contributed by atoms with van der Waals surface area (Å²) < 4.78 is 11.5. The summed E-state index contributed by atoms with van der Waals surface area (Å²) in [7, 11) is 1.48. The van der Waals surface area contributed by atoms with Crippen LogP contribution in [-0.2, 0) is 16.1 Å². The normalized spacial score (nSPS) is 32.6. The smallest absolute Gasteiger partial charge is 0.329 e. The highest BCUT2D eigenvalue weighted by Crippen LogP contribution is 2.38. The predicted molar refractivity (Wildman–Crippen MR) is 98.0 cm³/mol. The molecule has 3 rings (SSSR count). The maximum atomic E-state index is 12.8. The molecule has 0 bridgehead atoms. The number of rotatable bonds is 5. The molecule has 2 amide bonds. The molecule has 1 aromatic carbocycles. The number of amides is 2. The van der Waals surface area contributed by atoms with Gasteiger partial charge in [0.25, 0.3) is 5.91 Å². The Morgan fingerprint density at radius 1 is 1.36 bits per heavy atom. The molecule has 2 heterocycles. The Labute approximate surface area is 162 Å². The Balaban J connectivity index is 1.92. The van der Waals surface area contributed by atoms with Crippen LogP contribution in [0.3, 0.4) is 0 Å². The minimum atomic E-state index is -2.04. The largest absolute Gasteiger partial charge is 0.394 e. The number of terminal acetylenes is 1. The second-order valence-corrected chi connectivity index (χ2v) is 6.63. The number of hydrogen-bond acceptors (Lipinski definition) is 7. The molecular formula is C19H23N3O6. The Bertz CT molecular complexity index is 792. The highest BCUT2D eigenvalue weighted by Gasteiger charge is 2.61. The zero-order valence-electron chi connectivity index (χ0n) is 15.3. The molecule has 2 aliphatic heterocycles. The van der Waals surface area contributed by atoms with Gasteiger partial charge in [-0.15, -0.1) is 6.42 Å². The highest BCUT2D eigenvalue weighted by molar-refractivity contribution is 5.77. The maximum absolute atomic E-state index is 12.8. The fraction of sp³-hybridized carbons (Fsp3) is 0.421. The summed E-state index contributed by atoms with van der Waals surface area (Å²) in [6, 6.07) is 6.32. The summed E-state index contributed by atoms with van der Waals surface area (Å²) >= 11 is 0. The van der Waals surface area contributed by atoms with Crippen LogP contribution in [0.5, 0.6) is 0 Å². The first-order valence-corrected chi connectivity index (χ1v) is 8.68. The summed E-state index contributed by atoms with van der Waals surface area (Å²) in [4.78, 5) is 15.0. The van der Waals surface area contributed by atoms with Crippen molar-refractivity contribution in [1.82, 2.24) is 9.80 Å². The molecule has 2 aliphatic rings. The van der Waals surface area contributed by atoms with Crippen LogP contribution in [0, 0.1) is 12.3 Å². The third kappa shape index (κ3) is 3.38. The number of aliphatic hydroxyl groups is 3. The molecule has 1 aromatic rings. The summed E-state index contributed by atoms with van der Waals surface area (Å²) in [5, 5.41) is 30.4. The second kappa shape index (κ2) is 7.89. The topological polar surface area (TPSA) is 129 Å². The molecule has 0 aromatic heterocycles. The van der Waals surface area contributed by atoms with Crippen molar-refractivity contribution in [3.05, 3.63) is 47.7 Å². The average molecular weight is 389 g/mol. The fourth-order valence-electron chi connectivity index (χ4n) is 3.09. The number of hydrogen-bond donors (Lipinski definition) is 4. The lowest BCUT2D eigenvalue weighted by molar-refractivity contribution is -0.319. The monoisotopic (exact) mass is 389 g/mol. The minimum Gasteiger partial charge on any atom is -0.394 e. The van der Waals surface area contributed by atoms with Gasteiger partial charge in [-0.05, 0) is 23.8 Å². The van der Waals surface area contributed by atoms with Gasteiger partial charge in [0, 0.05) is 18.8 Å².